The summed E-state index contributed by atoms with van der Waals surface area (Å²) in [6.07, 6.45) is 46.2. The summed E-state index contributed by atoms with van der Waals surface area (Å²) in [4.78, 5) is 37.4. The second-order valence-electron chi connectivity index (χ2n) is 15.3. The molecule has 0 fully saturated rings. The smallest absolute Gasteiger partial charge is 0.306 e. The van der Waals surface area contributed by atoms with Crippen molar-refractivity contribution in [1.82, 2.24) is 0 Å². The maximum Gasteiger partial charge on any atom is 0.306 e. The van der Waals surface area contributed by atoms with Gasteiger partial charge in [-0.15, -0.1) is 0 Å². The minimum absolute atomic E-state index is 0.0756. The Morgan fingerprint density at radius 1 is 0.358 bits per heavy atom. The molecule has 0 saturated carbocycles. The predicted molar refractivity (Wildman–Crippen MR) is 224 cm³/mol. The lowest BCUT2D eigenvalue weighted by molar-refractivity contribution is -0.167. The second kappa shape index (κ2) is 42.6. The van der Waals surface area contributed by atoms with Gasteiger partial charge >= 0.3 is 17.9 Å². The van der Waals surface area contributed by atoms with E-state index in [1.807, 2.05) is 0 Å². The van der Waals surface area contributed by atoms with Crippen molar-refractivity contribution in [2.24, 2.45) is 0 Å². The van der Waals surface area contributed by atoms with E-state index in [-0.39, 0.29) is 31.1 Å². The topological polar surface area (TPSA) is 78.9 Å². The lowest BCUT2D eigenvalue weighted by Crippen LogP contribution is -2.30. The minimum Gasteiger partial charge on any atom is -0.462 e. The summed E-state index contributed by atoms with van der Waals surface area (Å²) in [7, 11) is 0. The minimum atomic E-state index is -0.769. The molecule has 0 N–H and O–H groups in total. The van der Waals surface area contributed by atoms with Gasteiger partial charge < -0.3 is 14.2 Å². The summed E-state index contributed by atoms with van der Waals surface area (Å²) in [6.45, 7) is 6.52. The molecule has 53 heavy (non-hydrogen) atoms. The van der Waals surface area contributed by atoms with Crippen LogP contribution in [0.3, 0.4) is 0 Å². The molecule has 0 radical (unpaired) electrons. The number of esters is 3. The number of hydrogen-bond donors (Lipinski definition) is 0. The van der Waals surface area contributed by atoms with E-state index < -0.39 is 6.10 Å². The average Bonchev–Trinajstić information content (AvgIpc) is 3.15. The fourth-order valence-electron chi connectivity index (χ4n) is 6.43. The Morgan fingerprint density at radius 3 is 0.981 bits per heavy atom. The van der Waals surface area contributed by atoms with E-state index in [0.29, 0.717) is 19.3 Å². The summed E-state index contributed by atoms with van der Waals surface area (Å²) in [5.41, 5.74) is 0. The molecule has 0 spiro atoms. The number of carbonyl (C=O) groups excluding carboxylic acids is 3. The van der Waals surface area contributed by atoms with Crippen LogP contribution in [-0.4, -0.2) is 37.2 Å². The van der Waals surface area contributed by atoms with Crippen molar-refractivity contribution in [3.05, 3.63) is 24.3 Å². The quantitative estimate of drug-likeness (QED) is 0.0268. The number of hydrogen-bond acceptors (Lipinski definition) is 6. The highest BCUT2D eigenvalue weighted by Gasteiger charge is 2.19. The fourth-order valence-corrected chi connectivity index (χ4v) is 6.43. The van der Waals surface area contributed by atoms with E-state index in [1.165, 1.54) is 128 Å². The molecule has 0 aliphatic heterocycles. The summed E-state index contributed by atoms with van der Waals surface area (Å²) >= 11 is 0. The highest BCUT2D eigenvalue weighted by atomic mass is 16.6. The van der Waals surface area contributed by atoms with Gasteiger partial charge in [0, 0.05) is 19.3 Å². The third-order valence-electron chi connectivity index (χ3n) is 9.93. The van der Waals surface area contributed by atoms with Gasteiger partial charge in [0.05, 0.1) is 0 Å². The highest BCUT2D eigenvalue weighted by molar-refractivity contribution is 5.71. The molecule has 0 aliphatic carbocycles. The molecule has 0 saturated heterocycles. The SMILES string of the molecule is CCCCC/C=C\CCCCCCCC(=O)OC(COC(=O)CCCCCCC)COC(=O)CCCCCCCCC/C=C\CCCCCCCCC. The van der Waals surface area contributed by atoms with Crippen LogP contribution in [0.25, 0.3) is 0 Å². The van der Waals surface area contributed by atoms with E-state index in [4.69, 9.17) is 14.2 Å². The maximum atomic E-state index is 12.6. The van der Waals surface area contributed by atoms with Crippen LogP contribution in [0.1, 0.15) is 239 Å². The van der Waals surface area contributed by atoms with Crippen LogP contribution in [0.15, 0.2) is 24.3 Å². The van der Waals surface area contributed by atoms with E-state index in [1.54, 1.807) is 0 Å². The van der Waals surface area contributed by atoms with Gasteiger partial charge in [0.25, 0.3) is 0 Å². The Kier molecular flexibility index (Phi) is 40.9. The van der Waals surface area contributed by atoms with E-state index in [0.717, 1.165) is 70.6 Å². The van der Waals surface area contributed by atoms with Gasteiger partial charge in [-0.2, -0.15) is 0 Å². The van der Waals surface area contributed by atoms with Gasteiger partial charge in [0.1, 0.15) is 13.2 Å². The molecule has 0 heterocycles. The zero-order chi connectivity index (χ0) is 38.7. The zero-order valence-corrected chi connectivity index (χ0v) is 35.3. The zero-order valence-electron chi connectivity index (χ0n) is 35.3. The Balaban J connectivity index is 4.18. The third kappa shape index (κ3) is 40.9. The van der Waals surface area contributed by atoms with Crippen molar-refractivity contribution >= 4 is 17.9 Å². The van der Waals surface area contributed by atoms with Gasteiger partial charge in [0.15, 0.2) is 6.10 Å². The Hall–Kier alpha value is -2.11. The van der Waals surface area contributed by atoms with Crippen LogP contribution in [-0.2, 0) is 28.6 Å². The fraction of sp³-hybridized carbons (Fsp3) is 0.851. The molecule has 0 rings (SSSR count). The Morgan fingerprint density at radius 2 is 0.623 bits per heavy atom. The van der Waals surface area contributed by atoms with Gasteiger partial charge in [-0.05, 0) is 70.6 Å². The number of carbonyl (C=O) groups is 3. The summed E-state index contributed by atoms with van der Waals surface area (Å²) in [5.74, 6) is -0.900. The molecule has 1 unspecified atom stereocenters. The van der Waals surface area contributed by atoms with Crippen molar-refractivity contribution in [3.63, 3.8) is 0 Å². The lowest BCUT2D eigenvalue weighted by Gasteiger charge is -2.18. The molecule has 1 atom stereocenters. The highest BCUT2D eigenvalue weighted by Crippen LogP contribution is 2.14. The Labute approximate surface area is 328 Å². The summed E-state index contributed by atoms with van der Waals surface area (Å²) in [5, 5.41) is 0. The second-order valence-corrected chi connectivity index (χ2v) is 15.3. The van der Waals surface area contributed by atoms with E-state index in [9.17, 15) is 14.4 Å². The van der Waals surface area contributed by atoms with E-state index >= 15 is 0 Å². The number of unbranched alkanes of at least 4 members (excludes halogenated alkanes) is 26. The third-order valence-corrected chi connectivity index (χ3v) is 9.93. The van der Waals surface area contributed by atoms with Crippen molar-refractivity contribution in [3.8, 4) is 0 Å². The van der Waals surface area contributed by atoms with Crippen LogP contribution in [0.2, 0.25) is 0 Å². The van der Waals surface area contributed by atoms with Crippen molar-refractivity contribution < 1.29 is 28.6 Å². The van der Waals surface area contributed by atoms with Crippen LogP contribution < -0.4 is 0 Å². The van der Waals surface area contributed by atoms with Crippen molar-refractivity contribution in [1.29, 1.82) is 0 Å². The largest absolute Gasteiger partial charge is 0.462 e. The first-order valence-electron chi connectivity index (χ1n) is 22.8. The van der Waals surface area contributed by atoms with Gasteiger partial charge in [-0.1, -0.05) is 173 Å². The summed E-state index contributed by atoms with van der Waals surface area (Å²) in [6, 6.07) is 0. The number of allylic oxidation sites excluding steroid dienone is 4. The molecule has 6 nitrogen and oxygen atoms in total. The van der Waals surface area contributed by atoms with Gasteiger partial charge in [-0.25, -0.2) is 0 Å². The first kappa shape index (κ1) is 50.9. The van der Waals surface area contributed by atoms with Crippen LogP contribution in [0, 0.1) is 0 Å². The number of ether oxygens (including phenoxy) is 3. The molecular weight excluding hydrogens is 661 g/mol. The molecule has 0 aromatic rings. The lowest BCUT2D eigenvalue weighted by atomic mass is 10.1. The normalized spacial score (nSPS) is 12.1. The van der Waals surface area contributed by atoms with Crippen LogP contribution in [0.4, 0.5) is 0 Å². The molecule has 0 amide bonds. The molecule has 0 aromatic carbocycles. The van der Waals surface area contributed by atoms with Crippen molar-refractivity contribution in [2.45, 2.75) is 245 Å². The van der Waals surface area contributed by atoms with Gasteiger partial charge in [0.2, 0.25) is 0 Å². The van der Waals surface area contributed by atoms with Gasteiger partial charge in [-0.3, -0.25) is 14.4 Å². The monoisotopic (exact) mass is 747 g/mol. The molecule has 6 heteroatoms. The van der Waals surface area contributed by atoms with Crippen LogP contribution in [0.5, 0.6) is 0 Å². The number of rotatable bonds is 41. The molecule has 310 valence electrons. The first-order chi connectivity index (χ1) is 26.0. The first-order valence-corrected chi connectivity index (χ1v) is 22.8. The van der Waals surface area contributed by atoms with Crippen molar-refractivity contribution in [2.75, 3.05) is 13.2 Å². The Bertz CT molecular complexity index is 865. The molecular formula is C47H86O6. The predicted octanol–water partition coefficient (Wildman–Crippen LogP) is 14.4. The van der Waals surface area contributed by atoms with E-state index in [2.05, 4.69) is 45.1 Å². The average molecular weight is 747 g/mol. The molecule has 0 aliphatic rings. The maximum absolute atomic E-state index is 12.6. The standard InChI is InChI=1S/C47H86O6/c1-4-7-10-13-15-17-19-21-22-23-24-25-26-28-29-31-34-37-40-46(49)52-43-44(42-51-45(48)39-36-33-12-9-6-3)53-47(50)41-38-35-32-30-27-20-18-16-14-11-8-5-2/h16,18,22-23,44H,4-15,17,19-21,24-43H2,1-3H3/b18-16-,23-22-. The molecule has 0 aromatic heterocycles. The summed E-state index contributed by atoms with van der Waals surface area (Å²) < 4.78 is 16.6. The van der Waals surface area contributed by atoms with Crippen LogP contribution >= 0.6 is 0 Å². The molecule has 0 bridgehead atoms.